The molecule has 2 aliphatic rings. The van der Waals surface area contributed by atoms with Crippen molar-refractivity contribution in [3.8, 4) is 0 Å². The third-order valence-electron chi connectivity index (χ3n) is 4.14. The number of halogens is 1. The highest BCUT2D eigenvalue weighted by molar-refractivity contribution is 9.10. The van der Waals surface area contributed by atoms with E-state index >= 15 is 0 Å². The average molecular weight is 341 g/mol. The highest BCUT2D eigenvalue weighted by Crippen LogP contribution is 2.37. The maximum absolute atomic E-state index is 12.4. The lowest BCUT2D eigenvalue weighted by Gasteiger charge is -2.18. The highest BCUT2D eigenvalue weighted by Gasteiger charge is 2.35. The second kappa shape index (κ2) is 5.24. The van der Waals surface area contributed by atoms with Crippen LogP contribution in [0.3, 0.4) is 0 Å². The molecule has 2 fully saturated rings. The minimum Gasteiger partial charge on any atom is -0.481 e. The van der Waals surface area contributed by atoms with Crippen molar-refractivity contribution >= 4 is 27.8 Å². The van der Waals surface area contributed by atoms with Crippen molar-refractivity contribution in [3.63, 3.8) is 0 Å². The maximum Gasteiger partial charge on any atom is 0.308 e. The van der Waals surface area contributed by atoms with Crippen LogP contribution >= 0.6 is 15.9 Å². The van der Waals surface area contributed by atoms with Gasteiger partial charge in [-0.25, -0.2) is 0 Å². The molecule has 0 radical (unpaired) electrons. The van der Waals surface area contributed by atoms with Crippen LogP contribution in [0.4, 0.5) is 0 Å². The first-order valence-electron chi connectivity index (χ1n) is 6.97. The van der Waals surface area contributed by atoms with Crippen molar-refractivity contribution in [2.75, 3.05) is 0 Å². The number of nitrogens with zero attached hydrogens (tertiary/aromatic N) is 1. The molecule has 0 aromatic carbocycles. The molecule has 3 rings (SSSR count). The molecule has 0 saturated heterocycles. The zero-order valence-corrected chi connectivity index (χ0v) is 12.6. The van der Waals surface area contributed by atoms with E-state index < -0.39 is 11.9 Å². The first-order valence-corrected chi connectivity index (χ1v) is 7.76. The Morgan fingerprint density at radius 1 is 1.30 bits per heavy atom. The average Bonchev–Trinajstić information content (AvgIpc) is 3.00. The number of carbonyl (C=O) groups excluding carboxylic acids is 1. The lowest BCUT2D eigenvalue weighted by Crippen LogP contribution is -2.40. The molecule has 2 N–H and O–H groups in total. The predicted molar refractivity (Wildman–Crippen MR) is 76.6 cm³/mol. The molecule has 0 spiro atoms. The van der Waals surface area contributed by atoms with Crippen LogP contribution in [0.15, 0.2) is 16.7 Å². The Morgan fingerprint density at radius 2 is 2.05 bits per heavy atom. The zero-order valence-electron chi connectivity index (χ0n) is 11.0. The van der Waals surface area contributed by atoms with Crippen molar-refractivity contribution in [2.45, 2.75) is 44.2 Å². The molecule has 5 nitrogen and oxygen atoms in total. The number of hydrogen-bond donors (Lipinski definition) is 2. The Hall–Kier alpha value is -1.30. The van der Waals surface area contributed by atoms with Gasteiger partial charge >= 0.3 is 5.97 Å². The van der Waals surface area contributed by atoms with Crippen LogP contribution < -0.4 is 5.32 Å². The van der Waals surface area contributed by atoms with Crippen molar-refractivity contribution < 1.29 is 14.7 Å². The number of aliphatic carboxylic acids is 1. The lowest BCUT2D eigenvalue weighted by molar-refractivity contribution is -0.142. The Balaban J connectivity index is 1.74. The maximum atomic E-state index is 12.4. The van der Waals surface area contributed by atoms with Crippen molar-refractivity contribution in [1.82, 2.24) is 9.88 Å². The molecular formula is C14H17BrN2O3. The van der Waals surface area contributed by atoms with Crippen molar-refractivity contribution in [2.24, 2.45) is 5.92 Å². The van der Waals surface area contributed by atoms with Gasteiger partial charge in [-0.3, -0.25) is 9.59 Å². The number of carboxylic acid groups (broad SMARTS) is 1. The molecule has 1 aromatic heterocycles. The molecule has 2 aliphatic carbocycles. The van der Waals surface area contributed by atoms with E-state index in [2.05, 4.69) is 21.2 Å². The third kappa shape index (κ3) is 2.61. The van der Waals surface area contributed by atoms with Gasteiger partial charge in [-0.1, -0.05) is 6.42 Å². The second-order valence-corrected chi connectivity index (χ2v) is 6.55. The number of aromatic nitrogens is 1. The molecule has 1 heterocycles. The van der Waals surface area contributed by atoms with E-state index in [1.54, 1.807) is 6.07 Å². The minimum absolute atomic E-state index is 0.166. The summed E-state index contributed by atoms with van der Waals surface area (Å²) < 4.78 is 2.88. The summed E-state index contributed by atoms with van der Waals surface area (Å²) in [6.45, 7) is 0. The summed E-state index contributed by atoms with van der Waals surface area (Å²) in [6.07, 6.45) is 6.37. The molecule has 1 amide bonds. The smallest absolute Gasteiger partial charge is 0.308 e. The van der Waals surface area contributed by atoms with E-state index in [1.807, 2.05) is 10.8 Å². The van der Waals surface area contributed by atoms with Crippen LogP contribution in [0, 0.1) is 5.92 Å². The summed E-state index contributed by atoms with van der Waals surface area (Å²) in [6, 6.07) is 1.97. The number of carboxylic acids is 1. The van der Waals surface area contributed by atoms with Gasteiger partial charge in [0.2, 0.25) is 0 Å². The van der Waals surface area contributed by atoms with E-state index in [9.17, 15) is 9.59 Å². The normalized spacial score (nSPS) is 25.6. The van der Waals surface area contributed by atoms with E-state index in [1.165, 1.54) is 0 Å². The number of nitrogens with one attached hydrogen (secondary N) is 1. The van der Waals surface area contributed by atoms with Gasteiger partial charge in [0.1, 0.15) is 5.69 Å². The quantitative estimate of drug-likeness (QED) is 0.884. The molecule has 2 unspecified atom stereocenters. The van der Waals surface area contributed by atoms with E-state index in [4.69, 9.17) is 5.11 Å². The van der Waals surface area contributed by atoms with Crippen LogP contribution in [0.1, 0.15) is 48.6 Å². The topological polar surface area (TPSA) is 71.3 Å². The molecular weight excluding hydrogens is 324 g/mol. The first kappa shape index (κ1) is 13.7. The molecule has 2 saturated carbocycles. The molecule has 0 bridgehead atoms. The monoisotopic (exact) mass is 340 g/mol. The first-order chi connectivity index (χ1) is 9.56. The van der Waals surface area contributed by atoms with Crippen molar-refractivity contribution in [1.29, 1.82) is 0 Å². The molecule has 108 valence electrons. The largest absolute Gasteiger partial charge is 0.481 e. The lowest BCUT2D eigenvalue weighted by atomic mass is 10.0. The van der Waals surface area contributed by atoms with Gasteiger partial charge in [-0.05, 0) is 47.7 Å². The summed E-state index contributed by atoms with van der Waals surface area (Å²) >= 11 is 3.40. The highest BCUT2D eigenvalue weighted by atomic mass is 79.9. The zero-order chi connectivity index (χ0) is 14.3. The van der Waals surface area contributed by atoms with E-state index in [0.29, 0.717) is 18.2 Å². The Morgan fingerprint density at radius 3 is 2.70 bits per heavy atom. The second-order valence-electron chi connectivity index (χ2n) is 5.64. The van der Waals surface area contributed by atoms with Crippen LogP contribution in [0.2, 0.25) is 0 Å². The van der Waals surface area contributed by atoms with Crippen LogP contribution in [-0.4, -0.2) is 27.6 Å². The fourth-order valence-electron chi connectivity index (χ4n) is 2.95. The molecule has 1 aromatic rings. The van der Waals surface area contributed by atoms with Crippen LogP contribution in [0.25, 0.3) is 0 Å². The fourth-order valence-corrected chi connectivity index (χ4v) is 3.39. The Kier molecular flexibility index (Phi) is 3.58. The minimum atomic E-state index is -0.813. The Bertz CT molecular complexity index is 551. The van der Waals surface area contributed by atoms with Crippen LogP contribution in [0.5, 0.6) is 0 Å². The van der Waals surface area contributed by atoms with E-state index in [-0.39, 0.29) is 11.9 Å². The summed E-state index contributed by atoms with van der Waals surface area (Å²) in [5.41, 5.74) is 0.621. The van der Waals surface area contributed by atoms with Gasteiger partial charge in [0.05, 0.1) is 5.92 Å². The number of amides is 1. The fraction of sp³-hybridized carbons (Fsp3) is 0.571. The van der Waals surface area contributed by atoms with Gasteiger partial charge in [0.15, 0.2) is 0 Å². The molecule has 20 heavy (non-hydrogen) atoms. The summed E-state index contributed by atoms with van der Waals surface area (Å²) in [7, 11) is 0. The van der Waals surface area contributed by atoms with Crippen molar-refractivity contribution in [3.05, 3.63) is 22.4 Å². The SMILES string of the molecule is O=C(NC1CCCC1C(=O)O)c1cc(Br)cn1C1CC1. The number of carbonyl (C=O) groups is 2. The van der Waals surface area contributed by atoms with Gasteiger partial charge in [0.25, 0.3) is 5.91 Å². The standard InChI is InChI=1S/C14H17BrN2O3/c15-8-6-12(17(7-8)9-4-5-9)13(18)16-11-3-1-2-10(11)14(19)20/h6-7,9-11H,1-5H2,(H,16,18)(H,19,20). The van der Waals surface area contributed by atoms with Crippen LogP contribution in [-0.2, 0) is 4.79 Å². The number of rotatable bonds is 4. The summed E-state index contributed by atoms with van der Waals surface area (Å²) in [5.74, 6) is -1.43. The number of hydrogen-bond acceptors (Lipinski definition) is 2. The van der Waals surface area contributed by atoms with Gasteiger partial charge in [-0.2, -0.15) is 0 Å². The Labute approximate surface area is 125 Å². The molecule has 2 atom stereocenters. The summed E-state index contributed by atoms with van der Waals surface area (Å²) in [5, 5.41) is 12.1. The summed E-state index contributed by atoms with van der Waals surface area (Å²) in [4.78, 5) is 23.5. The van der Waals surface area contributed by atoms with Gasteiger partial charge in [0, 0.05) is 22.8 Å². The molecule has 0 aliphatic heterocycles. The van der Waals surface area contributed by atoms with Gasteiger partial charge in [-0.15, -0.1) is 0 Å². The van der Waals surface area contributed by atoms with E-state index in [0.717, 1.165) is 30.2 Å². The van der Waals surface area contributed by atoms with Gasteiger partial charge < -0.3 is 15.0 Å². The predicted octanol–water partition coefficient (Wildman–Crippen LogP) is 2.57. The molecule has 6 heteroatoms. The third-order valence-corrected chi connectivity index (χ3v) is 4.57.